The van der Waals surface area contributed by atoms with Gasteiger partial charge in [0.05, 0.1) is 18.3 Å². The monoisotopic (exact) mass is 317 g/mol. The molecule has 0 aliphatic carbocycles. The Labute approximate surface area is 136 Å². The smallest absolute Gasteiger partial charge is 0.133 e. The Bertz CT molecular complexity index is 622. The molecule has 3 unspecified atom stereocenters. The van der Waals surface area contributed by atoms with Crippen LogP contribution in [0.5, 0.6) is 5.75 Å². The number of fused-ring (bicyclic) bond motifs is 3. The number of ether oxygens (including phenoxy) is 1. The zero-order valence-electron chi connectivity index (χ0n) is 13.3. The van der Waals surface area contributed by atoms with E-state index in [1.165, 1.54) is 16.1 Å². The van der Waals surface area contributed by atoms with Crippen LogP contribution < -0.4 is 20.7 Å². The molecule has 1 aromatic carbocycles. The second kappa shape index (κ2) is 6.41. The SMILES string of the molecule is CC#CC(NC1Sc2ccc3c(c2N1C)CCO3)C(C)CN. The number of benzene rings is 1. The van der Waals surface area contributed by atoms with Crippen LogP contribution in [0.1, 0.15) is 19.4 Å². The minimum absolute atomic E-state index is 0.105. The van der Waals surface area contributed by atoms with Gasteiger partial charge in [-0.2, -0.15) is 0 Å². The van der Waals surface area contributed by atoms with E-state index in [0.717, 1.165) is 18.8 Å². The van der Waals surface area contributed by atoms with E-state index in [1.807, 2.05) is 18.7 Å². The molecule has 3 rings (SSSR count). The van der Waals surface area contributed by atoms with Crippen LogP contribution in [0.4, 0.5) is 5.69 Å². The van der Waals surface area contributed by atoms with Crippen molar-refractivity contribution in [1.29, 1.82) is 0 Å². The van der Waals surface area contributed by atoms with Gasteiger partial charge in [0.15, 0.2) is 0 Å². The highest BCUT2D eigenvalue weighted by molar-refractivity contribution is 8.00. The van der Waals surface area contributed by atoms with E-state index in [-0.39, 0.29) is 11.5 Å². The molecule has 0 saturated carbocycles. The second-order valence-electron chi connectivity index (χ2n) is 5.82. The van der Waals surface area contributed by atoms with Crippen LogP contribution in [-0.2, 0) is 6.42 Å². The summed E-state index contributed by atoms with van der Waals surface area (Å²) in [7, 11) is 2.14. The Morgan fingerprint density at radius 1 is 1.55 bits per heavy atom. The molecule has 118 valence electrons. The van der Waals surface area contributed by atoms with E-state index in [1.54, 1.807) is 0 Å². The standard InChI is InChI=1S/C17H23N3OS/c1-4-5-13(11(2)10-18)19-17-20(3)16-12-8-9-21-14(12)6-7-15(16)22-17/h6-7,11,13,17,19H,8-10,18H2,1-3H3. The molecule has 3 atom stereocenters. The summed E-state index contributed by atoms with van der Waals surface area (Å²) in [4.78, 5) is 3.62. The highest BCUT2D eigenvalue weighted by Crippen LogP contribution is 2.48. The van der Waals surface area contributed by atoms with E-state index in [2.05, 4.69) is 48.2 Å². The number of hydrogen-bond acceptors (Lipinski definition) is 5. The van der Waals surface area contributed by atoms with Gasteiger partial charge in [-0.05, 0) is 31.5 Å². The fourth-order valence-corrected chi connectivity index (χ4v) is 4.22. The van der Waals surface area contributed by atoms with Crippen molar-refractivity contribution in [3.05, 3.63) is 17.7 Å². The fourth-order valence-electron chi connectivity index (χ4n) is 2.97. The Balaban J connectivity index is 1.81. The van der Waals surface area contributed by atoms with Crippen molar-refractivity contribution in [3.63, 3.8) is 0 Å². The van der Waals surface area contributed by atoms with Crippen molar-refractivity contribution in [3.8, 4) is 17.6 Å². The maximum atomic E-state index is 5.83. The van der Waals surface area contributed by atoms with Gasteiger partial charge < -0.3 is 15.4 Å². The first-order valence-electron chi connectivity index (χ1n) is 7.72. The number of nitrogens with two attached hydrogens (primary N) is 1. The average molecular weight is 317 g/mol. The molecule has 0 amide bonds. The van der Waals surface area contributed by atoms with Crippen molar-refractivity contribution in [2.24, 2.45) is 11.7 Å². The third-order valence-corrected chi connectivity index (χ3v) is 5.58. The number of thioether (sulfide) groups is 1. The van der Waals surface area contributed by atoms with Gasteiger partial charge in [0.1, 0.15) is 11.2 Å². The lowest BCUT2D eigenvalue weighted by atomic mass is 10.0. The normalized spacial score (nSPS) is 21.5. The number of rotatable bonds is 4. The van der Waals surface area contributed by atoms with Gasteiger partial charge in [0, 0.05) is 23.9 Å². The molecule has 0 spiro atoms. The van der Waals surface area contributed by atoms with Crippen LogP contribution >= 0.6 is 11.8 Å². The van der Waals surface area contributed by atoms with Crippen molar-refractivity contribution < 1.29 is 4.74 Å². The topological polar surface area (TPSA) is 50.5 Å². The van der Waals surface area contributed by atoms with E-state index in [9.17, 15) is 0 Å². The maximum absolute atomic E-state index is 5.83. The molecule has 2 aliphatic heterocycles. The highest BCUT2D eigenvalue weighted by atomic mass is 32.2. The second-order valence-corrected chi connectivity index (χ2v) is 6.94. The molecule has 0 saturated heterocycles. The molecule has 2 heterocycles. The minimum atomic E-state index is 0.105. The Kier molecular flexibility index (Phi) is 4.53. The zero-order chi connectivity index (χ0) is 15.7. The summed E-state index contributed by atoms with van der Waals surface area (Å²) in [5.74, 6) is 7.63. The van der Waals surface area contributed by atoms with Gasteiger partial charge in [-0.15, -0.1) is 5.92 Å². The summed E-state index contributed by atoms with van der Waals surface area (Å²) >= 11 is 1.84. The van der Waals surface area contributed by atoms with E-state index in [0.29, 0.717) is 12.5 Å². The number of nitrogens with one attached hydrogen (secondary N) is 1. The van der Waals surface area contributed by atoms with Gasteiger partial charge in [-0.25, -0.2) is 0 Å². The Morgan fingerprint density at radius 3 is 3.09 bits per heavy atom. The van der Waals surface area contributed by atoms with Crippen molar-refractivity contribution in [2.45, 2.75) is 36.7 Å². The van der Waals surface area contributed by atoms with Crippen LogP contribution in [0.15, 0.2) is 17.0 Å². The van der Waals surface area contributed by atoms with Crippen LogP contribution in [0.3, 0.4) is 0 Å². The number of anilines is 1. The molecule has 0 aromatic heterocycles. The fraction of sp³-hybridized carbons (Fsp3) is 0.529. The third-order valence-electron chi connectivity index (χ3n) is 4.32. The molecule has 1 aromatic rings. The lowest BCUT2D eigenvalue weighted by Gasteiger charge is -2.28. The molecular formula is C17H23N3OS. The van der Waals surface area contributed by atoms with Gasteiger partial charge in [-0.3, -0.25) is 5.32 Å². The van der Waals surface area contributed by atoms with Gasteiger partial charge in [0.25, 0.3) is 0 Å². The van der Waals surface area contributed by atoms with Crippen LogP contribution in [0.25, 0.3) is 0 Å². The maximum Gasteiger partial charge on any atom is 0.133 e. The van der Waals surface area contributed by atoms with E-state index in [4.69, 9.17) is 10.5 Å². The molecule has 3 N–H and O–H groups in total. The summed E-state index contributed by atoms with van der Waals surface area (Å²) in [6.07, 6.45) is 0.994. The predicted octanol–water partition coefficient (Wildman–Crippen LogP) is 2.02. The lowest BCUT2D eigenvalue weighted by Crippen LogP contribution is -2.47. The first kappa shape index (κ1) is 15.5. The quantitative estimate of drug-likeness (QED) is 0.832. The lowest BCUT2D eigenvalue weighted by molar-refractivity contribution is 0.357. The number of nitrogens with zero attached hydrogens (tertiary/aromatic N) is 1. The first-order chi connectivity index (χ1) is 10.7. The van der Waals surface area contributed by atoms with Crippen LogP contribution in [-0.4, -0.2) is 31.7 Å². The van der Waals surface area contributed by atoms with E-state index >= 15 is 0 Å². The molecule has 2 aliphatic rings. The zero-order valence-corrected chi connectivity index (χ0v) is 14.2. The summed E-state index contributed by atoms with van der Waals surface area (Å²) < 4.78 is 5.69. The predicted molar refractivity (Wildman–Crippen MR) is 92.3 cm³/mol. The van der Waals surface area contributed by atoms with Gasteiger partial charge >= 0.3 is 0 Å². The molecule has 4 nitrogen and oxygen atoms in total. The van der Waals surface area contributed by atoms with Crippen LogP contribution in [0.2, 0.25) is 0 Å². The highest BCUT2D eigenvalue weighted by Gasteiger charge is 2.34. The number of hydrogen-bond donors (Lipinski definition) is 2. The largest absolute Gasteiger partial charge is 0.493 e. The Morgan fingerprint density at radius 2 is 2.36 bits per heavy atom. The molecule has 0 radical (unpaired) electrons. The summed E-state index contributed by atoms with van der Waals surface area (Å²) in [6.45, 7) is 5.43. The van der Waals surface area contributed by atoms with Crippen molar-refractivity contribution in [1.82, 2.24) is 5.32 Å². The molecule has 0 fully saturated rings. The van der Waals surface area contributed by atoms with E-state index < -0.39 is 0 Å². The van der Waals surface area contributed by atoms with Gasteiger partial charge in [0.2, 0.25) is 0 Å². The minimum Gasteiger partial charge on any atom is -0.493 e. The average Bonchev–Trinajstić information content (AvgIpc) is 3.11. The summed E-state index contributed by atoms with van der Waals surface area (Å²) in [5, 5.41) is 3.65. The molecule has 22 heavy (non-hydrogen) atoms. The first-order valence-corrected chi connectivity index (χ1v) is 8.60. The molecule has 0 bridgehead atoms. The third kappa shape index (κ3) is 2.67. The Hall–Kier alpha value is -1.35. The summed E-state index contributed by atoms with van der Waals surface area (Å²) in [5.41, 5.74) is 8.65. The van der Waals surface area contributed by atoms with Crippen LogP contribution in [0, 0.1) is 17.8 Å². The van der Waals surface area contributed by atoms with Gasteiger partial charge in [-0.1, -0.05) is 24.6 Å². The molecular weight excluding hydrogens is 294 g/mol. The van der Waals surface area contributed by atoms with Crippen molar-refractivity contribution in [2.75, 3.05) is 25.1 Å². The van der Waals surface area contributed by atoms with Crippen molar-refractivity contribution >= 4 is 17.4 Å². The summed E-state index contributed by atoms with van der Waals surface area (Å²) in [6, 6.07) is 4.36. The molecule has 5 heteroatoms.